The molecule has 0 radical (unpaired) electrons. The largest absolute Gasteiger partial charge is 0.467 e. The van der Waals surface area contributed by atoms with Gasteiger partial charge in [-0.15, -0.1) is 0 Å². The second kappa shape index (κ2) is 10.1. The monoisotopic (exact) mass is 446 g/mol. The lowest BCUT2D eigenvalue weighted by Crippen LogP contribution is -2.44. The van der Waals surface area contributed by atoms with E-state index >= 15 is 0 Å². The third-order valence-corrected chi connectivity index (χ3v) is 3.97. The van der Waals surface area contributed by atoms with Gasteiger partial charge in [0.05, 0.1) is 36.5 Å². The van der Waals surface area contributed by atoms with Gasteiger partial charge in [-0.3, -0.25) is 19.8 Å². The summed E-state index contributed by atoms with van der Waals surface area (Å²) in [5, 5.41) is 6.32. The van der Waals surface area contributed by atoms with Gasteiger partial charge < -0.3 is 15.1 Å². The zero-order valence-corrected chi connectivity index (χ0v) is 16.4. The maximum absolute atomic E-state index is 12.9. The van der Waals surface area contributed by atoms with Crippen LogP contribution >= 0.6 is 11.6 Å². The van der Waals surface area contributed by atoms with E-state index in [1.54, 1.807) is 12.1 Å². The molecule has 0 atom stereocenters. The van der Waals surface area contributed by atoms with Crippen LogP contribution in [0.3, 0.4) is 0 Å². The fraction of sp³-hybridized carbons (Fsp3) is 0.278. The van der Waals surface area contributed by atoms with Crippen molar-refractivity contribution in [2.24, 2.45) is 0 Å². The summed E-state index contributed by atoms with van der Waals surface area (Å²) in [5.41, 5.74) is -1.16. The fourth-order valence-corrected chi connectivity index (χ4v) is 2.58. The molecule has 8 nitrogen and oxygen atoms in total. The molecule has 0 fully saturated rings. The highest BCUT2D eigenvalue weighted by atomic mass is 35.5. The molecule has 4 amide bonds. The Morgan fingerprint density at radius 1 is 1.13 bits per heavy atom. The number of imide groups is 1. The minimum atomic E-state index is -4.66. The number of nitrogens with one attached hydrogen (secondary N) is 3. The van der Waals surface area contributed by atoms with E-state index in [9.17, 15) is 27.6 Å². The fourth-order valence-electron chi connectivity index (χ4n) is 2.36. The molecule has 1 aromatic carbocycles. The zero-order valence-electron chi connectivity index (χ0n) is 15.7. The minimum absolute atomic E-state index is 0.0887. The number of carbonyl (C=O) groups excluding carboxylic acids is 3. The summed E-state index contributed by atoms with van der Waals surface area (Å²) in [7, 11) is 1.43. The number of hydrogen-bond acceptors (Lipinski definition) is 5. The topological polar surface area (TPSA) is 104 Å². The molecule has 2 rings (SSSR count). The van der Waals surface area contributed by atoms with Crippen molar-refractivity contribution in [3.8, 4) is 0 Å². The maximum Gasteiger partial charge on any atom is 0.417 e. The molecule has 0 unspecified atom stereocenters. The number of benzene rings is 1. The molecule has 0 bridgehead atoms. The Balaban J connectivity index is 1.78. The summed E-state index contributed by atoms with van der Waals surface area (Å²) in [6.07, 6.45) is -3.22. The molecule has 0 aliphatic heterocycles. The lowest BCUT2D eigenvalue weighted by atomic mass is 10.2. The van der Waals surface area contributed by atoms with Gasteiger partial charge in [-0.25, -0.2) is 4.79 Å². The normalized spacial score (nSPS) is 11.3. The first-order valence-electron chi connectivity index (χ1n) is 8.50. The molecule has 0 aliphatic rings. The van der Waals surface area contributed by atoms with Gasteiger partial charge in [0.2, 0.25) is 11.8 Å². The molecule has 2 aromatic rings. The maximum atomic E-state index is 12.9. The molecule has 30 heavy (non-hydrogen) atoms. The smallest absolute Gasteiger partial charge is 0.417 e. The number of furan rings is 1. The standard InChI is InChI=1S/C18H18ClF3N4O4/c1-26(10-16(28)25-17(29)23-8-12-3-2-6-30-12)9-15(27)24-11-4-5-14(19)13(7-11)18(20,21)22/h2-7H,8-10H2,1H3,(H,24,27)(H2,23,25,28,29). The van der Waals surface area contributed by atoms with Gasteiger partial charge in [0, 0.05) is 5.69 Å². The van der Waals surface area contributed by atoms with Gasteiger partial charge in [0.1, 0.15) is 5.76 Å². The average molecular weight is 447 g/mol. The second-order valence-electron chi connectivity index (χ2n) is 6.22. The highest BCUT2D eigenvalue weighted by Crippen LogP contribution is 2.36. The van der Waals surface area contributed by atoms with Crippen LogP contribution in [0.4, 0.5) is 23.7 Å². The molecule has 0 saturated heterocycles. The van der Waals surface area contributed by atoms with E-state index in [1.165, 1.54) is 24.3 Å². The number of likely N-dealkylation sites (N-methyl/N-ethyl adjacent to an activating group) is 1. The summed E-state index contributed by atoms with van der Waals surface area (Å²) < 4.78 is 43.6. The van der Waals surface area contributed by atoms with Crippen molar-refractivity contribution in [3.63, 3.8) is 0 Å². The van der Waals surface area contributed by atoms with Gasteiger partial charge in [0.25, 0.3) is 0 Å². The Hall–Kier alpha value is -3.05. The molecule has 0 saturated carbocycles. The van der Waals surface area contributed by atoms with Crippen LogP contribution in [-0.4, -0.2) is 42.9 Å². The summed E-state index contributed by atoms with van der Waals surface area (Å²) in [5.74, 6) is -0.821. The van der Waals surface area contributed by atoms with Gasteiger partial charge in [0.15, 0.2) is 0 Å². The Labute approximate surface area is 174 Å². The number of nitrogens with zero attached hydrogens (tertiary/aromatic N) is 1. The SMILES string of the molecule is CN(CC(=O)NC(=O)NCc1ccco1)CC(=O)Nc1ccc(Cl)c(C(F)(F)F)c1. The highest BCUT2D eigenvalue weighted by Gasteiger charge is 2.33. The van der Waals surface area contributed by atoms with E-state index < -0.39 is 34.6 Å². The third-order valence-electron chi connectivity index (χ3n) is 3.64. The van der Waals surface area contributed by atoms with Crippen molar-refractivity contribution in [2.45, 2.75) is 12.7 Å². The third kappa shape index (κ3) is 7.41. The summed E-state index contributed by atoms with van der Waals surface area (Å²) in [4.78, 5) is 36.8. The summed E-state index contributed by atoms with van der Waals surface area (Å²) >= 11 is 5.53. The van der Waals surface area contributed by atoms with E-state index in [0.29, 0.717) is 5.76 Å². The zero-order chi connectivity index (χ0) is 22.3. The number of rotatable bonds is 7. The predicted molar refractivity (Wildman–Crippen MR) is 102 cm³/mol. The Bertz CT molecular complexity index is 903. The molecule has 162 valence electrons. The van der Waals surface area contributed by atoms with E-state index in [1.807, 2.05) is 0 Å². The molecular weight excluding hydrogens is 429 g/mol. The first kappa shape index (κ1) is 23.2. The van der Waals surface area contributed by atoms with Crippen molar-refractivity contribution in [1.82, 2.24) is 15.5 Å². The van der Waals surface area contributed by atoms with Gasteiger partial charge >= 0.3 is 12.2 Å². The Kier molecular flexibility index (Phi) is 7.84. The van der Waals surface area contributed by atoms with Crippen molar-refractivity contribution in [3.05, 3.63) is 52.9 Å². The van der Waals surface area contributed by atoms with Crippen molar-refractivity contribution in [1.29, 1.82) is 0 Å². The van der Waals surface area contributed by atoms with Crippen LogP contribution in [0.2, 0.25) is 5.02 Å². The number of anilines is 1. The van der Waals surface area contributed by atoms with Crippen LogP contribution < -0.4 is 16.0 Å². The van der Waals surface area contributed by atoms with Crippen molar-refractivity contribution >= 4 is 35.1 Å². The summed E-state index contributed by atoms with van der Waals surface area (Å²) in [6, 6.07) is 5.52. The van der Waals surface area contributed by atoms with Crippen LogP contribution in [0, 0.1) is 0 Å². The Morgan fingerprint density at radius 2 is 1.83 bits per heavy atom. The number of amides is 4. The number of halogens is 4. The van der Waals surface area contributed by atoms with E-state index in [-0.39, 0.29) is 25.3 Å². The number of alkyl halides is 3. The molecule has 0 aliphatic carbocycles. The van der Waals surface area contributed by atoms with Gasteiger partial charge in [-0.2, -0.15) is 13.2 Å². The molecule has 1 aromatic heterocycles. The summed E-state index contributed by atoms with van der Waals surface area (Å²) in [6.45, 7) is -0.507. The van der Waals surface area contributed by atoms with Crippen LogP contribution in [0.1, 0.15) is 11.3 Å². The van der Waals surface area contributed by atoms with E-state index in [4.69, 9.17) is 16.0 Å². The first-order valence-corrected chi connectivity index (χ1v) is 8.87. The average Bonchev–Trinajstić information content (AvgIpc) is 3.13. The van der Waals surface area contributed by atoms with Crippen LogP contribution in [0.25, 0.3) is 0 Å². The molecule has 0 spiro atoms. The molecule has 12 heteroatoms. The van der Waals surface area contributed by atoms with Crippen molar-refractivity contribution < 1.29 is 32.0 Å². The van der Waals surface area contributed by atoms with Crippen LogP contribution in [0.5, 0.6) is 0 Å². The highest BCUT2D eigenvalue weighted by molar-refractivity contribution is 6.31. The number of hydrogen-bond donors (Lipinski definition) is 3. The minimum Gasteiger partial charge on any atom is -0.467 e. The lowest BCUT2D eigenvalue weighted by molar-refractivity contribution is -0.137. The number of urea groups is 1. The van der Waals surface area contributed by atoms with Gasteiger partial charge in [-0.1, -0.05) is 11.6 Å². The van der Waals surface area contributed by atoms with E-state index in [0.717, 1.165) is 12.1 Å². The molecule has 1 heterocycles. The van der Waals surface area contributed by atoms with Crippen LogP contribution in [-0.2, 0) is 22.3 Å². The van der Waals surface area contributed by atoms with Crippen molar-refractivity contribution in [2.75, 3.05) is 25.5 Å². The number of carbonyl (C=O) groups is 3. The quantitative estimate of drug-likeness (QED) is 0.607. The predicted octanol–water partition coefficient (Wildman–Crippen LogP) is 2.85. The van der Waals surface area contributed by atoms with E-state index in [2.05, 4.69) is 16.0 Å². The first-order chi connectivity index (χ1) is 14.0. The lowest BCUT2D eigenvalue weighted by Gasteiger charge is -2.16. The Morgan fingerprint density at radius 3 is 2.47 bits per heavy atom. The van der Waals surface area contributed by atoms with Crippen LogP contribution in [0.15, 0.2) is 41.0 Å². The molecule has 3 N–H and O–H groups in total. The molecular formula is C18H18ClF3N4O4. The van der Waals surface area contributed by atoms with Gasteiger partial charge in [-0.05, 0) is 37.4 Å². The second-order valence-corrected chi connectivity index (χ2v) is 6.63.